The summed E-state index contributed by atoms with van der Waals surface area (Å²) < 4.78 is 1.94. The number of carbonyl (C=O) groups is 2. The molecular formula is C23H25Cl2N5O2S. The monoisotopic (exact) mass is 505 g/mol. The molecule has 0 spiro atoms. The first-order valence-electron chi connectivity index (χ1n) is 10.4. The molecule has 0 aliphatic heterocycles. The Hall–Kier alpha value is -2.55. The number of hydrogen-bond acceptors (Lipinski definition) is 5. The normalized spacial score (nSPS) is 10.8. The fourth-order valence-electron chi connectivity index (χ4n) is 3.33. The Morgan fingerprint density at radius 2 is 1.76 bits per heavy atom. The highest BCUT2D eigenvalue weighted by Crippen LogP contribution is 2.22. The molecule has 0 radical (unpaired) electrons. The molecule has 10 heteroatoms. The van der Waals surface area contributed by atoms with Crippen LogP contribution in [0.1, 0.15) is 34.2 Å². The van der Waals surface area contributed by atoms with E-state index >= 15 is 0 Å². The Kier molecular flexibility index (Phi) is 8.77. The zero-order valence-corrected chi connectivity index (χ0v) is 20.9. The number of aryl methyl sites for hydroxylation is 2. The predicted molar refractivity (Wildman–Crippen MR) is 133 cm³/mol. The molecule has 0 unspecified atom stereocenters. The van der Waals surface area contributed by atoms with Crippen molar-refractivity contribution in [1.29, 1.82) is 0 Å². The second-order valence-corrected chi connectivity index (χ2v) is 9.25. The lowest BCUT2D eigenvalue weighted by atomic mass is 10.1. The third kappa shape index (κ3) is 6.96. The molecule has 7 nitrogen and oxygen atoms in total. The number of nitrogens with zero attached hydrogens (tertiary/aromatic N) is 3. The number of anilines is 1. The smallest absolute Gasteiger partial charge is 0.251 e. The van der Waals surface area contributed by atoms with Crippen molar-refractivity contribution in [2.24, 2.45) is 0 Å². The molecule has 0 atom stereocenters. The van der Waals surface area contributed by atoms with Crippen LogP contribution in [0.25, 0.3) is 0 Å². The second-order valence-electron chi connectivity index (χ2n) is 7.49. The molecule has 2 amide bonds. The summed E-state index contributed by atoms with van der Waals surface area (Å²) in [6.45, 7) is 7.02. The van der Waals surface area contributed by atoms with Gasteiger partial charge in [0.25, 0.3) is 5.91 Å². The summed E-state index contributed by atoms with van der Waals surface area (Å²) in [4.78, 5) is 24.7. The average Bonchev–Trinajstić information content (AvgIpc) is 3.15. The van der Waals surface area contributed by atoms with Crippen molar-refractivity contribution in [3.8, 4) is 0 Å². The topological polar surface area (TPSA) is 88.9 Å². The van der Waals surface area contributed by atoms with E-state index in [-0.39, 0.29) is 17.6 Å². The molecular weight excluding hydrogens is 481 g/mol. The van der Waals surface area contributed by atoms with Gasteiger partial charge < -0.3 is 15.2 Å². The van der Waals surface area contributed by atoms with E-state index in [9.17, 15) is 9.59 Å². The summed E-state index contributed by atoms with van der Waals surface area (Å²) in [6, 6.07) is 10.7. The first-order chi connectivity index (χ1) is 15.8. The maximum Gasteiger partial charge on any atom is 0.251 e. The quantitative estimate of drug-likeness (QED) is 0.402. The maximum absolute atomic E-state index is 12.4. The molecule has 174 valence electrons. The summed E-state index contributed by atoms with van der Waals surface area (Å²) in [5, 5.41) is 15.6. The summed E-state index contributed by atoms with van der Waals surface area (Å²) in [5.41, 5.74) is 3.42. The molecule has 0 saturated carbocycles. The molecule has 0 bridgehead atoms. The molecule has 33 heavy (non-hydrogen) atoms. The van der Waals surface area contributed by atoms with Gasteiger partial charge in [0.1, 0.15) is 5.82 Å². The van der Waals surface area contributed by atoms with E-state index in [2.05, 4.69) is 26.9 Å². The van der Waals surface area contributed by atoms with Crippen LogP contribution >= 0.6 is 35.0 Å². The van der Waals surface area contributed by atoms with Gasteiger partial charge in [-0.2, -0.15) is 0 Å². The third-order valence-electron chi connectivity index (χ3n) is 4.76. The minimum absolute atomic E-state index is 0.105. The maximum atomic E-state index is 12.4. The van der Waals surface area contributed by atoms with Crippen LogP contribution in [-0.4, -0.2) is 38.9 Å². The standard InChI is InChI=1S/C23H25Cl2N5O2S/c1-4-30-20(7-8-26-22(32)16-5-6-18(24)19(25)12-16)28-29-23(30)33-13-21(31)27-17-10-14(2)9-15(3)11-17/h5-6,9-12H,4,7-8,13H2,1-3H3,(H,26,32)(H,27,31). The largest absolute Gasteiger partial charge is 0.352 e. The van der Waals surface area contributed by atoms with Gasteiger partial charge in [0.05, 0.1) is 15.8 Å². The van der Waals surface area contributed by atoms with Crippen LogP contribution in [0, 0.1) is 13.8 Å². The van der Waals surface area contributed by atoms with Crippen LogP contribution in [0.4, 0.5) is 5.69 Å². The Morgan fingerprint density at radius 3 is 2.42 bits per heavy atom. The van der Waals surface area contributed by atoms with Crippen molar-refractivity contribution in [3.05, 3.63) is 69.0 Å². The van der Waals surface area contributed by atoms with Crippen LogP contribution in [0.15, 0.2) is 41.6 Å². The van der Waals surface area contributed by atoms with E-state index in [0.29, 0.717) is 40.3 Å². The van der Waals surface area contributed by atoms with Crippen LogP contribution in [-0.2, 0) is 17.8 Å². The molecule has 2 aromatic carbocycles. The van der Waals surface area contributed by atoms with Gasteiger partial charge in [0, 0.05) is 30.8 Å². The van der Waals surface area contributed by atoms with E-state index in [1.807, 2.05) is 37.5 Å². The Morgan fingerprint density at radius 1 is 1.03 bits per heavy atom. The first kappa shape index (κ1) is 25.1. The summed E-state index contributed by atoms with van der Waals surface area (Å²) in [5.74, 6) is 0.614. The Bertz CT molecular complexity index is 1150. The molecule has 0 aliphatic carbocycles. The molecule has 2 N–H and O–H groups in total. The van der Waals surface area contributed by atoms with Gasteiger partial charge in [-0.15, -0.1) is 10.2 Å². The molecule has 0 fully saturated rings. The summed E-state index contributed by atoms with van der Waals surface area (Å²) in [6.07, 6.45) is 0.503. The predicted octanol–water partition coefficient (Wildman–Crippen LogP) is 4.92. The van der Waals surface area contributed by atoms with E-state index in [4.69, 9.17) is 23.2 Å². The summed E-state index contributed by atoms with van der Waals surface area (Å²) >= 11 is 13.2. The number of aromatic nitrogens is 3. The zero-order chi connectivity index (χ0) is 24.0. The number of hydrogen-bond donors (Lipinski definition) is 2. The molecule has 3 aromatic rings. The van der Waals surface area contributed by atoms with Gasteiger partial charge >= 0.3 is 0 Å². The lowest BCUT2D eigenvalue weighted by Gasteiger charge is -2.09. The van der Waals surface area contributed by atoms with E-state index in [1.165, 1.54) is 17.8 Å². The van der Waals surface area contributed by atoms with Crippen molar-refractivity contribution in [1.82, 2.24) is 20.1 Å². The highest BCUT2D eigenvalue weighted by atomic mass is 35.5. The minimum atomic E-state index is -0.242. The van der Waals surface area contributed by atoms with Gasteiger partial charge in [-0.1, -0.05) is 41.0 Å². The van der Waals surface area contributed by atoms with Crippen molar-refractivity contribution in [2.75, 3.05) is 17.6 Å². The zero-order valence-electron chi connectivity index (χ0n) is 18.6. The lowest BCUT2D eigenvalue weighted by molar-refractivity contribution is -0.113. The van der Waals surface area contributed by atoms with Crippen LogP contribution in [0.3, 0.4) is 0 Å². The second kappa shape index (κ2) is 11.5. The molecule has 1 aromatic heterocycles. The fourth-order valence-corrected chi connectivity index (χ4v) is 4.45. The number of halogens is 2. The Balaban J connectivity index is 1.53. The van der Waals surface area contributed by atoms with Gasteiger partial charge in [-0.05, 0) is 62.2 Å². The van der Waals surface area contributed by atoms with Crippen molar-refractivity contribution >= 4 is 52.5 Å². The van der Waals surface area contributed by atoms with Crippen molar-refractivity contribution in [3.63, 3.8) is 0 Å². The number of rotatable bonds is 9. The van der Waals surface area contributed by atoms with Crippen LogP contribution < -0.4 is 10.6 Å². The van der Waals surface area contributed by atoms with E-state index < -0.39 is 0 Å². The number of nitrogens with one attached hydrogen (secondary N) is 2. The SMILES string of the molecule is CCn1c(CCNC(=O)c2ccc(Cl)c(Cl)c2)nnc1SCC(=O)Nc1cc(C)cc(C)c1. The highest BCUT2D eigenvalue weighted by molar-refractivity contribution is 7.99. The highest BCUT2D eigenvalue weighted by Gasteiger charge is 2.14. The van der Waals surface area contributed by atoms with Crippen molar-refractivity contribution in [2.45, 2.75) is 38.9 Å². The van der Waals surface area contributed by atoms with Gasteiger partial charge in [0.15, 0.2) is 5.16 Å². The van der Waals surface area contributed by atoms with Crippen LogP contribution in [0.2, 0.25) is 10.0 Å². The number of carbonyl (C=O) groups excluding carboxylic acids is 2. The Labute approximate surface area is 207 Å². The molecule has 0 aliphatic rings. The van der Waals surface area contributed by atoms with E-state index in [1.54, 1.807) is 12.1 Å². The minimum Gasteiger partial charge on any atom is -0.352 e. The van der Waals surface area contributed by atoms with Gasteiger partial charge in [-0.3, -0.25) is 9.59 Å². The number of benzene rings is 2. The van der Waals surface area contributed by atoms with Gasteiger partial charge in [0.2, 0.25) is 5.91 Å². The third-order valence-corrected chi connectivity index (χ3v) is 6.47. The lowest BCUT2D eigenvalue weighted by Crippen LogP contribution is -2.26. The van der Waals surface area contributed by atoms with Gasteiger partial charge in [-0.25, -0.2) is 0 Å². The van der Waals surface area contributed by atoms with Crippen molar-refractivity contribution < 1.29 is 9.59 Å². The van der Waals surface area contributed by atoms with E-state index in [0.717, 1.165) is 22.6 Å². The average molecular weight is 506 g/mol. The summed E-state index contributed by atoms with van der Waals surface area (Å²) in [7, 11) is 0. The fraction of sp³-hybridized carbons (Fsp3) is 0.304. The first-order valence-corrected chi connectivity index (χ1v) is 12.2. The number of amides is 2. The number of thioether (sulfide) groups is 1. The molecule has 0 saturated heterocycles. The molecule has 1 heterocycles. The molecule has 3 rings (SSSR count). The van der Waals surface area contributed by atoms with Crippen LogP contribution in [0.5, 0.6) is 0 Å².